The van der Waals surface area contributed by atoms with Crippen LogP contribution in [0.4, 0.5) is 10.8 Å². The fraction of sp³-hybridized carbons (Fsp3) is 0.167. The summed E-state index contributed by atoms with van der Waals surface area (Å²) in [7, 11) is -2.24. The lowest BCUT2D eigenvalue weighted by molar-refractivity contribution is 0.102. The lowest BCUT2D eigenvalue weighted by atomic mass is 10.2. The molecule has 1 amide bonds. The minimum absolute atomic E-state index is 0.0729. The average molecular weight is 326 g/mol. The van der Waals surface area contributed by atoms with Gasteiger partial charge < -0.3 is 11.1 Å². The molecular formula is C12H14N4O3S2. The highest BCUT2D eigenvalue weighted by Crippen LogP contribution is 2.21. The summed E-state index contributed by atoms with van der Waals surface area (Å²) in [5.41, 5.74) is 6.82. The third kappa shape index (κ3) is 3.38. The van der Waals surface area contributed by atoms with Crippen LogP contribution in [0.15, 0.2) is 28.5 Å². The fourth-order valence-electron chi connectivity index (χ4n) is 1.60. The van der Waals surface area contributed by atoms with Gasteiger partial charge in [-0.1, -0.05) is 6.07 Å². The normalized spacial score (nSPS) is 11.3. The maximum atomic E-state index is 12.0. The second-order valence-corrected chi connectivity index (χ2v) is 6.99. The molecule has 4 N–H and O–H groups in total. The largest absolute Gasteiger partial charge is 0.375 e. The third-order valence-electron chi connectivity index (χ3n) is 2.79. The molecule has 21 heavy (non-hydrogen) atoms. The maximum absolute atomic E-state index is 12.0. The minimum Gasteiger partial charge on any atom is -0.375 e. The smallest absolute Gasteiger partial charge is 0.275 e. The van der Waals surface area contributed by atoms with Crippen LogP contribution in [0.1, 0.15) is 16.1 Å². The van der Waals surface area contributed by atoms with E-state index in [1.807, 2.05) is 0 Å². The molecule has 2 rings (SSSR count). The molecule has 0 atom stereocenters. The van der Waals surface area contributed by atoms with Gasteiger partial charge in [-0.3, -0.25) is 4.79 Å². The number of hydrogen-bond acceptors (Lipinski definition) is 6. The van der Waals surface area contributed by atoms with Crippen molar-refractivity contribution in [1.82, 2.24) is 9.71 Å². The number of rotatable bonds is 4. The van der Waals surface area contributed by atoms with Gasteiger partial charge in [-0.05, 0) is 31.7 Å². The number of nitrogens with two attached hydrogens (primary N) is 1. The summed E-state index contributed by atoms with van der Waals surface area (Å²) in [5, 5.41) is 4.46. The summed E-state index contributed by atoms with van der Waals surface area (Å²) >= 11 is 1.16. The van der Waals surface area contributed by atoms with Crippen molar-refractivity contribution in [2.45, 2.75) is 11.8 Å². The molecule has 7 nitrogen and oxygen atoms in total. The molecule has 0 aliphatic heterocycles. The van der Waals surface area contributed by atoms with Crippen LogP contribution >= 0.6 is 11.3 Å². The van der Waals surface area contributed by atoms with Crippen molar-refractivity contribution in [2.75, 3.05) is 18.1 Å². The molecular weight excluding hydrogens is 312 g/mol. The van der Waals surface area contributed by atoms with E-state index in [-0.39, 0.29) is 10.6 Å². The summed E-state index contributed by atoms with van der Waals surface area (Å²) < 4.78 is 25.8. The molecule has 112 valence electrons. The van der Waals surface area contributed by atoms with E-state index >= 15 is 0 Å². The summed E-state index contributed by atoms with van der Waals surface area (Å²) in [6.45, 7) is 1.76. The van der Waals surface area contributed by atoms with Gasteiger partial charge in [0.05, 0.1) is 4.90 Å². The Bertz CT molecular complexity index is 784. The highest BCUT2D eigenvalue weighted by molar-refractivity contribution is 7.89. The van der Waals surface area contributed by atoms with Gasteiger partial charge in [-0.2, -0.15) is 0 Å². The van der Waals surface area contributed by atoms with Crippen LogP contribution in [0.2, 0.25) is 0 Å². The number of amides is 1. The summed E-state index contributed by atoms with van der Waals surface area (Å²) in [4.78, 5) is 16.0. The lowest BCUT2D eigenvalue weighted by Gasteiger charge is -2.10. The number of sulfonamides is 1. The van der Waals surface area contributed by atoms with E-state index in [1.165, 1.54) is 24.6 Å². The van der Waals surface area contributed by atoms with Crippen LogP contribution in [0.3, 0.4) is 0 Å². The summed E-state index contributed by atoms with van der Waals surface area (Å²) in [6.07, 6.45) is 0. The molecule has 0 saturated carbocycles. The van der Waals surface area contributed by atoms with Crippen molar-refractivity contribution in [3.8, 4) is 0 Å². The topological polar surface area (TPSA) is 114 Å². The zero-order valence-electron chi connectivity index (χ0n) is 11.4. The molecule has 0 bridgehead atoms. The first kappa shape index (κ1) is 15.4. The first-order valence-electron chi connectivity index (χ1n) is 5.90. The molecule has 9 heteroatoms. The van der Waals surface area contributed by atoms with Crippen molar-refractivity contribution in [2.24, 2.45) is 0 Å². The van der Waals surface area contributed by atoms with Crippen molar-refractivity contribution >= 4 is 38.1 Å². The Morgan fingerprint density at radius 3 is 2.67 bits per heavy atom. The van der Waals surface area contributed by atoms with Crippen molar-refractivity contribution in [3.05, 3.63) is 34.8 Å². The number of benzene rings is 1. The fourth-order valence-corrected chi connectivity index (χ4v) is 2.90. The zero-order chi connectivity index (χ0) is 15.6. The van der Waals surface area contributed by atoms with Crippen LogP contribution in [0, 0.1) is 6.92 Å². The zero-order valence-corrected chi connectivity index (χ0v) is 13.0. The minimum atomic E-state index is -3.57. The van der Waals surface area contributed by atoms with E-state index in [4.69, 9.17) is 5.73 Å². The Hall–Kier alpha value is -1.97. The number of nitrogens with zero attached hydrogens (tertiary/aromatic N) is 1. The molecule has 2 aromatic rings. The standard InChI is InChI=1S/C12H14N4O3S2/c1-7-3-4-8(21(18,19)14-2)5-9(7)15-11(17)10-6-20-12(13)16-10/h3-6,14H,1-2H3,(H2,13,16)(H,15,17). The number of nitrogens with one attached hydrogen (secondary N) is 2. The van der Waals surface area contributed by atoms with Gasteiger partial charge in [0, 0.05) is 11.1 Å². The van der Waals surface area contributed by atoms with Gasteiger partial charge in [-0.25, -0.2) is 18.1 Å². The molecule has 1 aromatic carbocycles. The maximum Gasteiger partial charge on any atom is 0.275 e. The highest BCUT2D eigenvalue weighted by atomic mass is 32.2. The molecule has 1 heterocycles. The summed E-state index contributed by atoms with van der Waals surface area (Å²) in [6, 6.07) is 4.49. The predicted octanol–water partition coefficient (Wildman–Crippen LogP) is 1.19. The molecule has 1 aromatic heterocycles. The second kappa shape index (κ2) is 5.80. The number of carbonyl (C=O) groups excluding carboxylic acids is 1. The molecule has 0 aliphatic rings. The third-order valence-corrected chi connectivity index (χ3v) is 4.88. The van der Waals surface area contributed by atoms with E-state index in [0.717, 1.165) is 16.9 Å². The molecule has 0 radical (unpaired) electrons. The van der Waals surface area contributed by atoms with E-state index in [2.05, 4.69) is 15.0 Å². The Labute approximate surface area is 126 Å². The monoisotopic (exact) mass is 326 g/mol. The molecule has 0 fully saturated rings. The number of anilines is 2. The van der Waals surface area contributed by atoms with Gasteiger partial charge in [0.1, 0.15) is 5.69 Å². The Kier molecular flexibility index (Phi) is 4.26. The first-order valence-corrected chi connectivity index (χ1v) is 8.26. The number of nitrogen functional groups attached to an aromatic ring is 1. The van der Waals surface area contributed by atoms with Crippen LogP contribution in [-0.2, 0) is 10.0 Å². The first-order chi connectivity index (χ1) is 9.83. The van der Waals surface area contributed by atoms with Gasteiger partial charge in [0.2, 0.25) is 10.0 Å². The van der Waals surface area contributed by atoms with Crippen LogP contribution in [-0.4, -0.2) is 26.4 Å². The van der Waals surface area contributed by atoms with E-state index in [1.54, 1.807) is 13.0 Å². The van der Waals surface area contributed by atoms with E-state index < -0.39 is 15.9 Å². The van der Waals surface area contributed by atoms with Crippen molar-refractivity contribution in [1.29, 1.82) is 0 Å². The van der Waals surface area contributed by atoms with E-state index in [0.29, 0.717) is 10.8 Å². The number of carbonyl (C=O) groups is 1. The Morgan fingerprint density at radius 2 is 2.10 bits per heavy atom. The van der Waals surface area contributed by atoms with Crippen molar-refractivity contribution < 1.29 is 13.2 Å². The molecule has 0 spiro atoms. The number of aromatic nitrogens is 1. The molecule has 0 aliphatic carbocycles. The predicted molar refractivity (Wildman–Crippen MR) is 81.9 cm³/mol. The number of hydrogen-bond donors (Lipinski definition) is 3. The SMILES string of the molecule is CNS(=O)(=O)c1ccc(C)c(NC(=O)c2csc(N)n2)c1. The van der Waals surface area contributed by atoms with Crippen LogP contribution in [0.5, 0.6) is 0 Å². The lowest BCUT2D eigenvalue weighted by Crippen LogP contribution is -2.19. The van der Waals surface area contributed by atoms with E-state index in [9.17, 15) is 13.2 Å². The number of aryl methyl sites for hydroxylation is 1. The van der Waals surface area contributed by atoms with Gasteiger partial charge in [0.15, 0.2) is 5.13 Å². The quantitative estimate of drug-likeness (QED) is 0.781. The van der Waals surface area contributed by atoms with Crippen molar-refractivity contribution in [3.63, 3.8) is 0 Å². The summed E-state index contributed by atoms with van der Waals surface area (Å²) in [5.74, 6) is -0.440. The average Bonchev–Trinajstić information content (AvgIpc) is 2.87. The molecule has 0 saturated heterocycles. The number of thiazole rings is 1. The Balaban J connectivity index is 2.32. The van der Waals surface area contributed by atoms with Gasteiger partial charge in [0.25, 0.3) is 5.91 Å². The highest BCUT2D eigenvalue weighted by Gasteiger charge is 2.15. The van der Waals surface area contributed by atoms with Crippen LogP contribution < -0.4 is 15.8 Å². The van der Waals surface area contributed by atoms with Gasteiger partial charge >= 0.3 is 0 Å². The second-order valence-electron chi connectivity index (χ2n) is 4.21. The molecule has 0 unspecified atom stereocenters. The Morgan fingerprint density at radius 1 is 1.38 bits per heavy atom. The van der Waals surface area contributed by atoms with Crippen LogP contribution in [0.25, 0.3) is 0 Å². The van der Waals surface area contributed by atoms with Gasteiger partial charge in [-0.15, -0.1) is 11.3 Å².